The van der Waals surface area contributed by atoms with Crippen molar-refractivity contribution in [3.63, 3.8) is 0 Å². The number of rotatable bonds is 11. The molecule has 5 aliphatic rings. The number of aliphatic hydroxyl groups is 3. The Labute approximate surface area is 315 Å². The smallest absolute Gasteiger partial charge is 0.173 e. The van der Waals surface area contributed by atoms with Crippen molar-refractivity contribution in [2.75, 3.05) is 20.3 Å². The number of ether oxygens (including phenoxy) is 1. The quantitative estimate of drug-likeness (QED) is 0.124. The lowest BCUT2D eigenvalue weighted by Gasteiger charge is -2.46. The van der Waals surface area contributed by atoms with Gasteiger partial charge in [-0.1, -0.05) is 64.7 Å². The number of Topliss-reactive ketones (excluding diaryl/α,β-unsaturated/α-hetero) is 2. The summed E-state index contributed by atoms with van der Waals surface area (Å²) in [6.07, 6.45) is 13.8. The van der Waals surface area contributed by atoms with Crippen LogP contribution in [-0.2, 0) is 14.3 Å². The molecule has 8 nitrogen and oxygen atoms in total. The second-order valence-electron chi connectivity index (χ2n) is 18.5. The van der Waals surface area contributed by atoms with Crippen molar-refractivity contribution >= 4 is 11.6 Å². The van der Waals surface area contributed by atoms with Crippen LogP contribution in [-0.4, -0.2) is 71.6 Å². The second-order valence-corrected chi connectivity index (χ2v) is 18.5. The molecule has 0 radical (unpaired) electrons. The van der Waals surface area contributed by atoms with Gasteiger partial charge in [0, 0.05) is 37.9 Å². The summed E-state index contributed by atoms with van der Waals surface area (Å²) < 4.78 is 5.77. The molecule has 296 valence electrons. The number of hydrogen-bond acceptors (Lipinski definition) is 8. The van der Waals surface area contributed by atoms with Gasteiger partial charge in [-0.3, -0.25) is 9.59 Å². The topological polar surface area (TPSA) is 142 Å². The minimum Gasteiger partial charge on any atom is -0.396 e. The maximum atomic E-state index is 14.4. The van der Waals surface area contributed by atoms with Crippen molar-refractivity contribution in [3.8, 4) is 11.8 Å². The predicted octanol–water partition coefficient (Wildman–Crippen LogP) is 6.28. The van der Waals surface area contributed by atoms with Gasteiger partial charge in [0.15, 0.2) is 17.7 Å². The molecule has 1 saturated heterocycles. The Bertz CT molecular complexity index is 1200. The first-order valence-corrected chi connectivity index (χ1v) is 21.6. The zero-order chi connectivity index (χ0) is 37.4. The molecule has 8 heteroatoms. The number of carbonyl (C=O) groups excluding carboxylic acids is 2. The van der Waals surface area contributed by atoms with Gasteiger partial charge >= 0.3 is 0 Å². The predicted molar refractivity (Wildman–Crippen MR) is 206 cm³/mol. The van der Waals surface area contributed by atoms with Gasteiger partial charge < -0.3 is 31.1 Å². The van der Waals surface area contributed by atoms with Crippen LogP contribution in [0.1, 0.15) is 136 Å². The number of methoxy groups -OCH3 is 1. The maximum absolute atomic E-state index is 14.4. The van der Waals surface area contributed by atoms with Crippen molar-refractivity contribution in [1.82, 2.24) is 5.32 Å². The average Bonchev–Trinajstić information content (AvgIpc) is 3.30. The van der Waals surface area contributed by atoms with Crippen LogP contribution < -0.4 is 11.1 Å². The molecular formula is C44H74N2O6. The minimum absolute atomic E-state index is 0.00128. The lowest BCUT2D eigenvalue weighted by Crippen LogP contribution is -2.46. The Morgan fingerprint density at radius 3 is 2.42 bits per heavy atom. The van der Waals surface area contributed by atoms with Crippen molar-refractivity contribution in [1.29, 1.82) is 0 Å². The zero-order valence-corrected chi connectivity index (χ0v) is 33.0. The third-order valence-corrected chi connectivity index (χ3v) is 14.6. The van der Waals surface area contributed by atoms with Crippen LogP contribution in [0.3, 0.4) is 0 Å². The highest BCUT2D eigenvalue weighted by Crippen LogP contribution is 2.49. The highest BCUT2D eigenvalue weighted by atomic mass is 16.5. The van der Waals surface area contributed by atoms with Crippen LogP contribution >= 0.6 is 0 Å². The van der Waals surface area contributed by atoms with Gasteiger partial charge in [-0.15, -0.1) is 0 Å². The molecule has 5 rings (SSSR count). The fourth-order valence-corrected chi connectivity index (χ4v) is 11.7. The third-order valence-electron chi connectivity index (χ3n) is 14.6. The van der Waals surface area contributed by atoms with Gasteiger partial charge in [0.2, 0.25) is 0 Å². The number of carbonyl (C=O) groups is 2. The first kappa shape index (κ1) is 41.8. The van der Waals surface area contributed by atoms with E-state index in [1.807, 2.05) is 0 Å². The van der Waals surface area contributed by atoms with Gasteiger partial charge in [0.1, 0.15) is 0 Å². The summed E-state index contributed by atoms with van der Waals surface area (Å²) in [5.74, 6) is 9.24. The molecule has 8 unspecified atom stereocenters. The summed E-state index contributed by atoms with van der Waals surface area (Å²) in [6.45, 7) is 7.76. The molecule has 4 fully saturated rings. The first-order chi connectivity index (χ1) is 25.0. The van der Waals surface area contributed by atoms with Crippen LogP contribution in [0, 0.1) is 82.9 Å². The number of nitrogens with one attached hydrogen (secondary N) is 1. The molecule has 0 amide bonds. The molecule has 0 spiro atoms. The lowest BCUT2D eigenvalue weighted by atomic mass is 9.60. The van der Waals surface area contributed by atoms with E-state index in [-0.39, 0.29) is 72.4 Å². The van der Waals surface area contributed by atoms with Crippen molar-refractivity contribution in [2.45, 2.75) is 161 Å². The molecule has 1 aliphatic heterocycles. The van der Waals surface area contributed by atoms with Gasteiger partial charge in [-0.25, -0.2) is 0 Å². The Hall–Kier alpha value is -1.34. The number of nitrogens with two attached hydrogens (primary N) is 1. The minimum atomic E-state index is -1.65. The summed E-state index contributed by atoms with van der Waals surface area (Å²) in [6, 6.07) is 0. The number of piperidine rings is 1. The molecule has 6 N–H and O–H groups in total. The summed E-state index contributed by atoms with van der Waals surface area (Å²) in [5, 5.41) is 36.9. The first-order valence-electron chi connectivity index (χ1n) is 21.6. The van der Waals surface area contributed by atoms with Gasteiger partial charge in [-0.05, 0) is 137 Å². The molecule has 52 heavy (non-hydrogen) atoms. The van der Waals surface area contributed by atoms with Gasteiger partial charge in [0.25, 0.3) is 0 Å². The summed E-state index contributed by atoms with van der Waals surface area (Å²) in [5.41, 5.74) is 6.37. The van der Waals surface area contributed by atoms with E-state index in [1.165, 1.54) is 32.1 Å². The molecule has 4 aliphatic carbocycles. The Kier molecular flexibility index (Phi) is 16.1. The lowest BCUT2D eigenvalue weighted by molar-refractivity contribution is -0.142. The standard InChI is InChI=1S/C44H74N2O6/c1-5-8-33(26-47)34-21-29(19-28-17-18-46-42(45)22-28)20-31-13-15-36(35-10-7-6-9-30(35)12-11-27(2)3)37-25-40(49)41(52-4)24-32(37)14-16-39(48)44(51)43(50)38(31)23-34/h27-38,40-42,44,46-47,49,51H,5-12,14,16-26,45H2,1-4H3/t28?,29-,30?,31+,32?,33-,34+,35?,36-,37?,38+,40?,41?,42?,44+/m1/s1. The van der Waals surface area contributed by atoms with Crippen molar-refractivity contribution < 1.29 is 29.6 Å². The fourth-order valence-electron chi connectivity index (χ4n) is 11.7. The van der Waals surface area contributed by atoms with E-state index in [1.54, 1.807) is 7.11 Å². The third kappa shape index (κ3) is 10.7. The normalized spacial score (nSPS) is 41.4. The molecule has 1 heterocycles. The van der Waals surface area contributed by atoms with Crippen LogP contribution in [0.2, 0.25) is 0 Å². The Balaban J connectivity index is 1.58. The fraction of sp³-hybridized carbons (Fsp3) is 0.909. The molecule has 0 aromatic heterocycles. The van der Waals surface area contributed by atoms with E-state index in [0.29, 0.717) is 55.3 Å². The van der Waals surface area contributed by atoms with Crippen LogP contribution in [0.25, 0.3) is 0 Å². The van der Waals surface area contributed by atoms with Crippen LogP contribution in [0.5, 0.6) is 0 Å². The monoisotopic (exact) mass is 727 g/mol. The summed E-state index contributed by atoms with van der Waals surface area (Å²) in [4.78, 5) is 28.2. The van der Waals surface area contributed by atoms with E-state index < -0.39 is 18.1 Å². The summed E-state index contributed by atoms with van der Waals surface area (Å²) in [7, 11) is 1.66. The van der Waals surface area contributed by atoms with Crippen molar-refractivity contribution in [3.05, 3.63) is 0 Å². The van der Waals surface area contributed by atoms with E-state index in [9.17, 15) is 24.9 Å². The van der Waals surface area contributed by atoms with Crippen molar-refractivity contribution in [2.24, 2.45) is 76.7 Å². The molecule has 15 atom stereocenters. The van der Waals surface area contributed by atoms with Gasteiger partial charge in [-0.2, -0.15) is 0 Å². The number of ketones is 2. The maximum Gasteiger partial charge on any atom is 0.173 e. The van der Waals surface area contributed by atoms with Crippen LogP contribution in [0.4, 0.5) is 0 Å². The Morgan fingerprint density at radius 2 is 1.71 bits per heavy atom. The number of aliphatic hydroxyl groups excluding tert-OH is 3. The average molecular weight is 727 g/mol. The molecule has 0 bridgehead atoms. The van der Waals surface area contributed by atoms with E-state index in [4.69, 9.17) is 10.5 Å². The Morgan fingerprint density at radius 1 is 0.923 bits per heavy atom. The van der Waals surface area contributed by atoms with E-state index >= 15 is 0 Å². The second kappa shape index (κ2) is 20.0. The van der Waals surface area contributed by atoms with E-state index in [2.05, 4.69) is 37.9 Å². The van der Waals surface area contributed by atoms with Gasteiger partial charge in [0.05, 0.1) is 18.4 Å². The molecule has 0 aromatic rings. The SMILES string of the molecule is CCC[C@H](CO)[C@H]1C[C@H](CC2CCNC(N)C2)C[C@@H]2C#C[C@H](C3CCCCC3CCC(C)C)C3CC(O)C(OC)CC3CCC(=O)[C@H](O)C(=O)[C@H]2C1. The molecule has 0 aromatic carbocycles. The number of hydrogen-bond donors (Lipinski definition) is 5. The van der Waals surface area contributed by atoms with E-state index in [0.717, 1.165) is 57.9 Å². The summed E-state index contributed by atoms with van der Waals surface area (Å²) >= 11 is 0. The number of fused-ring (bicyclic) bond motifs is 2. The zero-order valence-electron chi connectivity index (χ0n) is 33.0. The highest BCUT2D eigenvalue weighted by molar-refractivity contribution is 6.06. The highest BCUT2D eigenvalue weighted by Gasteiger charge is 2.47. The molecule has 3 saturated carbocycles. The van der Waals surface area contributed by atoms with Crippen LogP contribution in [0.15, 0.2) is 0 Å². The largest absolute Gasteiger partial charge is 0.396 e. The molecular weight excluding hydrogens is 652 g/mol.